The van der Waals surface area contributed by atoms with Crippen LogP contribution in [0.15, 0.2) is 52.5 Å². The topological polar surface area (TPSA) is 59.0 Å². The van der Waals surface area contributed by atoms with Gasteiger partial charge < -0.3 is 4.74 Å². The van der Waals surface area contributed by atoms with E-state index in [4.69, 9.17) is 4.74 Å². The smallest absolute Gasteiger partial charge is 0.435 e. The number of rotatable bonds is 4. The fraction of sp³-hybridized carbons (Fsp3) is 0.167. The Balaban J connectivity index is 1.95. The molecule has 0 bridgehead atoms. The summed E-state index contributed by atoms with van der Waals surface area (Å²) >= 11 is 1.21. The van der Waals surface area contributed by atoms with Gasteiger partial charge in [0.1, 0.15) is 0 Å². The number of amides is 1. The van der Waals surface area contributed by atoms with E-state index in [0.29, 0.717) is 9.89 Å². The third kappa shape index (κ3) is 3.92. The van der Waals surface area contributed by atoms with Crippen molar-refractivity contribution in [1.29, 1.82) is 0 Å². The van der Waals surface area contributed by atoms with Crippen LogP contribution in [-0.4, -0.2) is 30.4 Å². The maximum absolute atomic E-state index is 13.3. The van der Waals surface area contributed by atoms with E-state index < -0.39 is 29.3 Å². The molecule has 1 aromatic heterocycles. The van der Waals surface area contributed by atoms with Crippen molar-refractivity contribution in [3.05, 3.63) is 57.8 Å². The molecule has 27 heavy (non-hydrogen) atoms. The van der Waals surface area contributed by atoms with Crippen LogP contribution in [0.2, 0.25) is 0 Å². The normalized spacial score (nSPS) is 16.0. The lowest BCUT2D eigenvalue weighted by atomic mass is 10.1. The molecule has 0 N–H and O–H groups in total. The van der Waals surface area contributed by atoms with Crippen molar-refractivity contribution in [3.63, 3.8) is 0 Å². The maximum atomic E-state index is 13.3. The van der Waals surface area contributed by atoms with Gasteiger partial charge in [0, 0.05) is 4.88 Å². The molecule has 0 unspecified atom stereocenters. The molecule has 0 atom stereocenters. The number of anilines is 1. The molecule has 2 heterocycles. The average molecular weight is 394 g/mol. The molecular formula is C18H13F3N2O3S. The van der Waals surface area contributed by atoms with E-state index in [1.54, 1.807) is 24.4 Å². The van der Waals surface area contributed by atoms with Crippen molar-refractivity contribution in [1.82, 2.24) is 0 Å². The second-order valence-electron chi connectivity index (χ2n) is 5.40. The van der Waals surface area contributed by atoms with Crippen LogP contribution in [0.25, 0.3) is 6.08 Å². The third-order valence-corrected chi connectivity index (χ3v) is 4.42. The lowest BCUT2D eigenvalue weighted by Gasteiger charge is -2.12. The minimum atomic E-state index is -4.78. The van der Waals surface area contributed by atoms with E-state index in [-0.39, 0.29) is 17.9 Å². The van der Waals surface area contributed by atoms with Crippen molar-refractivity contribution in [3.8, 4) is 0 Å². The first-order valence-electron chi connectivity index (χ1n) is 7.84. The van der Waals surface area contributed by atoms with Crippen LogP contribution >= 0.6 is 11.3 Å². The first kappa shape index (κ1) is 18.8. The minimum absolute atomic E-state index is 0.115. The largest absolute Gasteiger partial charge is 0.462 e. The molecule has 0 radical (unpaired) electrons. The van der Waals surface area contributed by atoms with Crippen molar-refractivity contribution < 1.29 is 27.5 Å². The summed E-state index contributed by atoms with van der Waals surface area (Å²) in [5, 5.41) is 5.85. The molecule has 2 aromatic rings. The molecule has 9 heteroatoms. The molecule has 1 aromatic carbocycles. The molecular weight excluding hydrogens is 381 g/mol. The Hall–Kier alpha value is -2.94. The van der Waals surface area contributed by atoms with E-state index in [1.165, 1.54) is 41.7 Å². The SMILES string of the molecule is CCOC(=O)c1ccc(N2N=C(C(F)(F)F)C(=Cc3cccs3)C2=O)cc1. The Labute approximate surface area is 156 Å². The van der Waals surface area contributed by atoms with Crippen LogP contribution in [0, 0.1) is 0 Å². The summed E-state index contributed by atoms with van der Waals surface area (Å²) in [6, 6.07) is 8.70. The number of carbonyl (C=O) groups is 2. The summed E-state index contributed by atoms with van der Waals surface area (Å²) < 4.78 is 44.9. The van der Waals surface area contributed by atoms with Crippen LogP contribution in [0.4, 0.5) is 18.9 Å². The predicted molar refractivity (Wildman–Crippen MR) is 95.7 cm³/mol. The summed E-state index contributed by atoms with van der Waals surface area (Å²) in [5.74, 6) is -1.45. The molecule has 1 aliphatic rings. The van der Waals surface area contributed by atoms with Gasteiger partial charge in [-0.2, -0.15) is 23.3 Å². The summed E-state index contributed by atoms with van der Waals surface area (Å²) in [6.45, 7) is 1.85. The van der Waals surface area contributed by atoms with Crippen LogP contribution < -0.4 is 5.01 Å². The first-order valence-corrected chi connectivity index (χ1v) is 8.72. The predicted octanol–water partition coefficient (Wildman–Crippen LogP) is 4.27. The summed E-state index contributed by atoms with van der Waals surface area (Å²) in [5.41, 5.74) is -1.44. The van der Waals surface area contributed by atoms with Gasteiger partial charge in [-0.25, -0.2) is 4.79 Å². The Morgan fingerprint density at radius 1 is 1.26 bits per heavy atom. The fourth-order valence-corrected chi connectivity index (χ4v) is 3.06. The summed E-state index contributed by atoms with van der Waals surface area (Å²) in [7, 11) is 0. The number of carbonyl (C=O) groups excluding carboxylic acids is 2. The number of ether oxygens (including phenoxy) is 1. The summed E-state index contributed by atoms with van der Waals surface area (Å²) in [4.78, 5) is 24.7. The Kier molecular flexibility index (Phi) is 5.13. The number of nitrogens with zero attached hydrogens (tertiary/aromatic N) is 2. The zero-order valence-corrected chi connectivity index (χ0v) is 14.8. The van der Waals surface area contributed by atoms with Gasteiger partial charge in [-0.1, -0.05) is 6.07 Å². The minimum Gasteiger partial charge on any atom is -0.462 e. The molecule has 0 saturated heterocycles. The van der Waals surface area contributed by atoms with Crippen molar-refractivity contribution in [2.24, 2.45) is 5.10 Å². The van der Waals surface area contributed by atoms with Gasteiger partial charge in [-0.05, 0) is 48.7 Å². The van der Waals surface area contributed by atoms with E-state index >= 15 is 0 Å². The molecule has 0 aliphatic carbocycles. The molecule has 140 valence electrons. The van der Waals surface area contributed by atoms with Crippen LogP contribution in [0.5, 0.6) is 0 Å². The highest BCUT2D eigenvalue weighted by Crippen LogP contribution is 2.33. The number of hydrazone groups is 1. The number of thiophene rings is 1. The Morgan fingerprint density at radius 2 is 1.96 bits per heavy atom. The van der Waals surface area contributed by atoms with Crippen molar-refractivity contribution in [2.75, 3.05) is 11.6 Å². The average Bonchev–Trinajstić information content (AvgIpc) is 3.24. The van der Waals surface area contributed by atoms with Gasteiger partial charge in [0.15, 0.2) is 5.71 Å². The van der Waals surface area contributed by atoms with E-state index in [9.17, 15) is 22.8 Å². The van der Waals surface area contributed by atoms with Crippen molar-refractivity contribution in [2.45, 2.75) is 13.1 Å². The van der Waals surface area contributed by atoms with Crippen LogP contribution in [-0.2, 0) is 9.53 Å². The molecule has 5 nitrogen and oxygen atoms in total. The van der Waals surface area contributed by atoms with Gasteiger partial charge in [0.05, 0.1) is 23.4 Å². The van der Waals surface area contributed by atoms with Gasteiger partial charge >= 0.3 is 12.1 Å². The van der Waals surface area contributed by atoms with Gasteiger partial charge in [-0.3, -0.25) is 4.79 Å². The highest BCUT2D eigenvalue weighted by molar-refractivity contribution is 7.10. The summed E-state index contributed by atoms with van der Waals surface area (Å²) in [6.07, 6.45) is -3.61. The second-order valence-corrected chi connectivity index (χ2v) is 6.38. The zero-order chi connectivity index (χ0) is 19.6. The zero-order valence-electron chi connectivity index (χ0n) is 14.0. The number of alkyl halides is 3. The van der Waals surface area contributed by atoms with Crippen LogP contribution in [0.3, 0.4) is 0 Å². The first-order chi connectivity index (χ1) is 12.8. The van der Waals surface area contributed by atoms with E-state index in [2.05, 4.69) is 5.10 Å². The molecule has 3 rings (SSSR count). The number of hydrogen-bond donors (Lipinski definition) is 0. The molecule has 1 aliphatic heterocycles. The molecule has 1 amide bonds. The fourth-order valence-electron chi connectivity index (χ4n) is 2.40. The Morgan fingerprint density at radius 3 is 2.52 bits per heavy atom. The number of benzene rings is 1. The quantitative estimate of drug-likeness (QED) is 0.575. The molecule has 0 fully saturated rings. The van der Waals surface area contributed by atoms with Gasteiger partial charge in [0.25, 0.3) is 5.91 Å². The number of hydrogen-bond acceptors (Lipinski definition) is 5. The third-order valence-electron chi connectivity index (χ3n) is 3.60. The van der Waals surface area contributed by atoms with Crippen molar-refractivity contribution >= 4 is 40.7 Å². The van der Waals surface area contributed by atoms with E-state index in [0.717, 1.165) is 0 Å². The van der Waals surface area contributed by atoms with E-state index in [1.807, 2.05) is 0 Å². The molecule has 0 saturated carbocycles. The lowest BCUT2D eigenvalue weighted by molar-refractivity contribution is -0.114. The maximum Gasteiger partial charge on any atom is 0.435 e. The lowest BCUT2D eigenvalue weighted by Crippen LogP contribution is -2.25. The second kappa shape index (κ2) is 7.36. The number of esters is 1. The highest BCUT2D eigenvalue weighted by atomic mass is 32.1. The Bertz CT molecular complexity index is 916. The van der Waals surface area contributed by atoms with Crippen LogP contribution in [0.1, 0.15) is 22.2 Å². The molecule has 0 spiro atoms. The van der Waals surface area contributed by atoms with Gasteiger partial charge in [-0.15, -0.1) is 11.3 Å². The van der Waals surface area contributed by atoms with Gasteiger partial charge in [0.2, 0.25) is 0 Å². The monoisotopic (exact) mass is 394 g/mol. The standard InChI is InChI=1S/C18H13F3N2O3S/c1-2-26-17(25)11-5-7-12(8-6-11)23-16(24)14(10-13-4-3-9-27-13)15(22-23)18(19,20)21/h3-10H,2H2,1H3. The highest BCUT2D eigenvalue weighted by Gasteiger charge is 2.46. The number of halogens is 3.